The number of terminal acetylenes is 5. The second-order valence-corrected chi connectivity index (χ2v) is 47.3. The molecule has 5 heteroatoms. The molecule has 11 aliphatic rings. The monoisotopic (exact) mass is 1740 g/mol. The molecule has 0 spiro atoms. The number of thioether (sulfide) groups is 5. The lowest BCUT2D eigenvalue weighted by Gasteiger charge is -2.60. The molecule has 0 saturated carbocycles. The molecular formula is C125H76S5. The van der Waals surface area contributed by atoms with Crippen molar-refractivity contribution in [3.05, 3.63) is 227 Å². The highest BCUT2D eigenvalue weighted by atomic mass is 32.2. The van der Waals surface area contributed by atoms with Crippen LogP contribution in [0.4, 0.5) is 0 Å². The van der Waals surface area contributed by atoms with E-state index in [0.717, 1.165) is 157 Å². The van der Waals surface area contributed by atoms with Crippen molar-refractivity contribution in [1.29, 1.82) is 0 Å². The minimum absolute atomic E-state index is 0.153. The molecule has 0 aromatic heterocycles. The van der Waals surface area contributed by atoms with E-state index in [1.54, 1.807) is 293 Å². The molecule has 0 heterocycles. The van der Waals surface area contributed by atoms with Crippen molar-refractivity contribution in [2.45, 2.75) is 180 Å². The van der Waals surface area contributed by atoms with Crippen LogP contribution in [0.5, 0.6) is 0 Å². The Hall–Kier alpha value is -11.4. The summed E-state index contributed by atoms with van der Waals surface area (Å²) in [4.78, 5) is 6.83. The van der Waals surface area contributed by atoms with Crippen LogP contribution in [0, 0.1) is 67.6 Å². The summed E-state index contributed by atoms with van der Waals surface area (Å²) in [5, 5.41) is 64.4. The third-order valence-corrected chi connectivity index (χ3v) is 42.8. The van der Waals surface area contributed by atoms with Crippen molar-refractivity contribution in [2.75, 3.05) is 28.8 Å². The zero-order valence-corrected chi connectivity index (χ0v) is 75.8. The SMILES string of the molecule is C#CCCCCCSc1ccc(C23c4c5c6c7c8c9c%10c%11c%12c%13c%14c%15c%16c%17c%18c%19c(c2c2c4c4c6c6c%20c7c%10c7c%10c%11c%14c%11c%14c%15c%18c%15c%18c%19c2c2c4c6c4c(c2%18)c(c%15%14)c(c%10%11)c4c%207)[C@]%17(c2ccc(SCCCCCC#C)cc2)C2=C(C(=C(C23)[C@]58c2ccc(SCCCCCC#C)cc2)[C@]9%12c2ccc(SCCCCCC#C)cc2)[C@@]%16%13c2ccc(SCCCCCC#C)cc2)cc1. The van der Waals surface area contributed by atoms with E-state index in [-0.39, 0.29) is 5.92 Å². The molecular weight excluding hydrogens is 1660 g/mol. The van der Waals surface area contributed by atoms with E-state index in [1.165, 1.54) is 52.3 Å². The summed E-state index contributed by atoms with van der Waals surface area (Å²) in [7, 11) is 0. The van der Waals surface area contributed by atoms with Gasteiger partial charge in [-0.05, 0) is 475 Å². The van der Waals surface area contributed by atoms with Gasteiger partial charge in [0.05, 0.1) is 27.1 Å². The van der Waals surface area contributed by atoms with Crippen LogP contribution in [-0.4, -0.2) is 28.8 Å². The molecule has 11 aliphatic carbocycles. The second kappa shape index (κ2) is 22.2. The number of allylic oxidation sites excluding steroid dienone is 4. The van der Waals surface area contributed by atoms with Gasteiger partial charge in [0.15, 0.2) is 0 Å². The van der Waals surface area contributed by atoms with Crippen molar-refractivity contribution in [2.24, 2.45) is 5.92 Å². The first kappa shape index (κ1) is 69.5. The molecule has 606 valence electrons. The lowest BCUT2D eigenvalue weighted by atomic mass is 9.40. The van der Waals surface area contributed by atoms with Gasteiger partial charge in [0, 0.05) is 62.5 Å². The fourth-order valence-electron chi connectivity index (χ4n) is 34.4. The fourth-order valence-corrected chi connectivity index (χ4v) is 39.0. The van der Waals surface area contributed by atoms with Gasteiger partial charge in [-0.1, -0.05) is 92.8 Å². The highest BCUT2D eigenvalue weighted by Crippen LogP contribution is 2.93. The van der Waals surface area contributed by atoms with E-state index in [0.29, 0.717) is 0 Å². The second-order valence-electron chi connectivity index (χ2n) is 41.5. The van der Waals surface area contributed by atoms with E-state index in [4.69, 9.17) is 32.1 Å². The largest absolute Gasteiger partial charge is 0.126 e. The maximum Gasteiger partial charge on any atom is 0.0724 e. The molecule has 0 radical (unpaired) electrons. The molecule has 2 unspecified atom stereocenters. The van der Waals surface area contributed by atoms with Crippen LogP contribution in [0.2, 0.25) is 0 Å². The third-order valence-electron chi connectivity index (χ3n) is 37.3. The Morgan fingerprint density at radius 2 is 0.354 bits per heavy atom. The van der Waals surface area contributed by atoms with Crippen LogP contribution >= 0.6 is 58.8 Å². The fraction of sp³-hybridized carbons (Fsp3) is 0.248. The molecule has 26 aromatic rings. The Bertz CT molecular complexity index is 9440. The topological polar surface area (TPSA) is 0 Å². The van der Waals surface area contributed by atoms with Gasteiger partial charge in [-0.15, -0.1) is 121 Å². The predicted molar refractivity (Wildman–Crippen MR) is 557 cm³/mol. The summed E-state index contributed by atoms with van der Waals surface area (Å²) in [6.45, 7) is 0. The lowest BCUT2D eigenvalue weighted by Crippen LogP contribution is -2.57. The third kappa shape index (κ3) is 6.27. The van der Waals surface area contributed by atoms with Crippen molar-refractivity contribution >= 4 is 274 Å². The van der Waals surface area contributed by atoms with Gasteiger partial charge >= 0.3 is 0 Å². The molecule has 0 N–H and O–H groups in total. The summed E-state index contributed by atoms with van der Waals surface area (Å²) in [6.07, 6.45) is 50.7. The molecule has 0 amide bonds. The maximum absolute atomic E-state index is 5.91. The summed E-state index contributed by atoms with van der Waals surface area (Å²) in [6, 6.07) is 54.2. The number of hydrogen-bond acceptors (Lipinski definition) is 5. The van der Waals surface area contributed by atoms with Crippen LogP contribution < -0.4 is 0 Å². The Balaban J connectivity index is 0.786. The molecule has 37 rings (SSSR count). The van der Waals surface area contributed by atoms with Crippen molar-refractivity contribution in [1.82, 2.24) is 0 Å². The molecule has 6 atom stereocenters. The van der Waals surface area contributed by atoms with Crippen LogP contribution in [0.1, 0.15) is 212 Å². The first-order chi connectivity index (χ1) is 64.5. The molecule has 0 nitrogen and oxygen atoms in total. The van der Waals surface area contributed by atoms with Gasteiger partial charge in [-0.3, -0.25) is 0 Å². The maximum atomic E-state index is 5.91. The number of unbranched alkanes of at least 4 members (excludes halogenated alkanes) is 15. The Labute approximate surface area is 771 Å². The van der Waals surface area contributed by atoms with Gasteiger partial charge in [-0.2, -0.15) is 0 Å². The van der Waals surface area contributed by atoms with Crippen molar-refractivity contribution in [3.63, 3.8) is 0 Å². The molecule has 0 saturated heterocycles. The normalized spacial score (nSPS) is 21.8. The highest BCUT2D eigenvalue weighted by Gasteiger charge is 2.83. The molecule has 0 fully saturated rings. The molecule has 0 bridgehead atoms. The summed E-state index contributed by atoms with van der Waals surface area (Å²) in [5.74, 6) is 20.0. The van der Waals surface area contributed by atoms with Gasteiger partial charge in [0.2, 0.25) is 0 Å². The Morgan fingerprint density at radius 3 is 0.562 bits per heavy atom. The minimum atomic E-state index is -0.774. The van der Waals surface area contributed by atoms with Crippen molar-refractivity contribution < 1.29 is 0 Å². The van der Waals surface area contributed by atoms with Gasteiger partial charge < -0.3 is 0 Å². The molecule has 130 heavy (non-hydrogen) atoms. The molecule has 26 aromatic carbocycles. The number of hydrogen-bond donors (Lipinski definition) is 0. The average molecular weight is 1740 g/mol. The summed E-state index contributed by atoms with van der Waals surface area (Å²) < 4.78 is 0. The first-order valence-corrected chi connectivity index (χ1v) is 53.6. The van der Waals surface area contributed by atoms with Crippen molar-refractivity contribution in [3.8, 4) is 61.7 Å². The van der Waals surface area contributed by atoms with Crippen LogP contribution in [0.15, 0.2) is 168 Å². The summed E-state index contributed by atoms with van der Waals surface area (Å²) >= 11 is 10.3. The van der Waals surface area contributed by atoms with E-state index < -0.39 is 27.1 Å². The van der Waals surface area contributed by atoms with E-state index in [1.807, 2.05) is 0 Å². The van der Waals surface area contributed by atoms with E-state index in [2.05, 4.69) is 210 Å². The van der Waals surface area contributed by atoms with Gasteiger partial charge in [-0.25, -0.2) is 0 Å². The van der Waals surface area contributed by atoms with Crippen LogP contribution in [0.3, 0.4) is 0 Å². The number of rotatable bonds is 35. The van der Waals surface area contributed by atoms with Crippen LogP contribution in [-0.2, 0) is 27.1 Å². The first-order valence-electron chi connectivity index (χ1n) is 48.6. The molecule has 0 aliphatic heterocycles. The Morgan fingerprint density at radius 1 is 0.185 bits per heavy atom. The van der Waals surface area contributed by atoms with E-state index in [9.17, 15) is 0 Å². The Kier molecular flexibility index (Phi) is 11.9. The van der Waals surface area contributed by atoms with Gasteiger partial charge in [0.25, 0.3) is 0 Å². The quantitative estimate of drug-likeness (QED) is 0.0168. The lowest BCUT2D eigenvalue weighted by molar-refractivity contribution is 0.369. The van der Waals surface area contributed by atoms with Gasteiger partial charge in [0.1, 0.15) is 0 Å². The van der Waals surface area contributed by atoms with E-state index >= 15 is 0 Å². The zero-order chi connectivity index (χ0) is 83.9. The van der Waals surface area contributed by atoms with Crippen LogP contribution in [0.25, 0.3) is 215 Å². The number of benzene rings is 20. The zero-order valence-electron chi connectivity index (χ0n) is 71.7. The highest BCUT2D eigenvalue weighted by molar-refractivity contribution is 8.00. The predicted octanol–water partition coefficient (Wildman–Crippen LogP) is 32.6. The minimum Gasteiger partial charge on any atom is -0.126 e. The average Bonchev–Trinajstić information content (AvgIpc) is 1.37. The smallest absolute Gasteiger partial charge is 0.0724 e. The standard InChI is InChI=1S/C125H76S5/c1-6-11-16-21-26-51-126-61-41-31-56(32-42-61)121-106-96-86-76-71-66-67-69-70-68(66)73-80-78(71)88(86)98-100-90(80)92-82(73)84-75(70)85-83-74(69)81-79-72(67)77(76)87-89(79)99-101-91(81)93(83)103-105-95(85)94(84)104-102(92)112-110(100)122(108(98)106,57-33-43-62(44-34-57)127-52-27-22-17-12-7-2)117-116(121)118-120-119(117)124(112,59-37-47-64(48-38-59)129-54-29-24-19-14-9-4)114(104)115(105)125(120,60-39-49-65(50-40-60)130-55-30-25-20-15-10-5)113(103)111(101)123(118,109(99)107(121)97(87)96)58-35-45-63(46-36-58)128-53-28-23-18-13-8-3/h1-5,31-50,116H,11-30,51-55H2/t116?,121?,122-,123+,124-,125+. The summed E-state index contributed by atoms with van der Waals surface area (Å²) in [5.41, 5.74) is 27.0.